The van der Waals surface area contributed by atoms with Crippen LogP contribution >= 0.6 is 0 Å². The summed E-state index contributed by atoms with van der Waals surface area (Å²) in [4.78, 5) is 12.2. The Kier molecular flexibility index (Phi) is 7.22. The minimum absolute atomic E-state index is 0.141. The van der Waals surface area contributed by atoms with Crippen molar-refractivity contribution < 1.29 is 13.2 Å². The maximum Gasteiger partial charge on any atom is 0.389 e. The van der Waals surface area contributed by atoms with E-state index in [9.17, 15) is 13.2 Å². The van der Waals surface area contributed by atoms with E-state index in [1.54, 1.807) is 12.3 Å². The molecular weight excluding hydrogens is 355 g/mol. The van der Waals surface area contributed by atoms with Gasteiger partial charge in [-0.2, -0.15) is 18.3 Å². The van der Waals surface area contributed by atoms with Crippen molar-refractivity contribution in [3.8, 4) is 0 Å². The summed E-state index contributed by atoms with van der Waals surface area (Å²) >= 11 is 0. The van der Waals surface area contributed by atoms with Crippen molar-refractivity contribution >= 4 is 5.71 Å². The molecule has 0 amide bonds. The maximum atomic E-state index is 12.3. The first-order valence-electron chi connectivity index (χ1n) is 8.27. The number of alkyl halides is 3. The minimum Gasteiger partial charge on any atom is -0.286 e. The van der Waals surface area contributed by atoms with E-state index in [-0.39, 0.29) is 12.2 Å². The van der Waals surface area contributed by atoms with Crippen LogP contribution in [0.3, 0.4) is 0 Å². The quantitative estimate of drug-likeness (QED) is 0.561. The third-order valence-corrected chi connectivity index (χ3v) is 3.51. The van der Waals surface area contributed by atoms with Gasteiger partial charge in [0.05, 0.1) is 12.1 Å². The first kappa shape index (κ1) is 20.3. The predicted octanol–water partition coefficient (Wildman–Crippen LogP) is 3.91. The van der Waals surface area contributed by atoms with E-state index in [4.69, 9.17) is 0 Å². The highest BCUT2D eigenvalue weighted by atomic mass is 19.4. The molecule has 2 aromatic rings. The molecule has 0 aromatic carbocycles. The average molecular weight is 375 g/mol. The first-order valence-corrected chi connectivity index (χ1v) is 8.27. The molecule has 0 spiro atoms. The average Bonchev–Trinajstić information content (AvgIpc) is 2.64. The predicted molar refractivity (Wildman–Crippen MR) is 98.1 cm³/mol. The molecule has 0 saturated carbocycles. The van der Waals surface area contributed by atoms with E-state index in [0.717, 1.165) is 11.3 Å². The standard InChI is InChI=1S/C19H20F3N5/c1-3-26-27-17(6-4-5-15-8-7-14(2)23-11-15)16-12-24-18(25-13-16)9-10-19(20,21)22/h3-4,6-8,11-13,26H,1,5,9-10H2,2H3/b6-4-,27-17+. The highest BCUT2D eigenvalue weighted by Gasteiger charge is 2.27. The SMILES string of the molecule is C=CN/N=C(\C=C/Cc1ccc(C)nc1)c1cnc(CCC(F)(F)F)nc1. The molecule has 0 fully saturated rings. The second-order valence-corrected chi connectivity index (χ2v) is 5.75. The van der Waals surface area contributed by atoms with Crippen molar-refractivity contribution in [2.75, 3.05) is 0 Å². The molecule has 5 nitrogen and oxygen atoms in total. The van der Waals surface area contributed by atoms with Gasteiger partial charge >= 0.3 is 6.18 Å². The summed E-state index contributed by atoms with van der Waals surface area (Å²) in [5.41, 5.74) is 5.76. The van der Waals surface area contributed by atoms with Gasteiger partial charge in [-0.3, -0.25) is 10.4 Å². The molecule has 142 valence electrons. The molecule has 1 N–H and O–H groups in total. The lowest BCUT2D eigenvalue weighted by molar-refractivity contribution is -0.134. The number of hydrogen-bond donors (Lipinski definition) is 1. The molecule has 8 heteroatoms. The summed E-state index contributed by atoms with van der Waals surface area (Å²) in [6, 6.07) is 3.93. The normalized spacial score (nSPS) is 12.4. The molecule has 0 atom stereocenters. The largest absolute Gasteiger partial charge is 0.389 e. The second-order valence-electron chi connectivity index (χ2n) is 5.75. The number of hydrogen-bond acceptors (Lipinski definition) is 5. The van der Waals surface area contributed by atoms with Crippen molar-refractivity contribution in [2.45, 2.75) is 32.4 Å². The number of hydrazone groups is 1. The van der Waals surface area contributed by atoms with Crippen LogP contribution in [0.4, 0.5) is 13.2 Å². The van der Waals surface area contributed by atoms with Crippen molar-refractivity contribution in [3.05, 3.63) is 78.3 Å². The van der Waals surface area contributed by atoms with E-state index in [1.807, 2.05) is 25.1 Å². The summed E-state index contributed by atoms with van der Waals surface area (Å²) in [5.74, 6) is 0.141. The summed E-state index contributed by atoms with van der Waals surface area (Å²) < 4.78 is 36.9. The third-order valence-electron chi connectivity index (χ3n) is 3.51. The van der Waals surface area contributed by atoms with Crippen molar-refractivity contribution in [1.29, 1.82) is 0 Å². The summed E-state index contributed by atoms with van der Waals surface area (Å²) in [7, 11) is 0. The van der Waals surface area contributed by atoms with Gasteiger partial charge in [-0.25, -0.2) is 9.97 Å². The Bertz CT molecular complexity index is 794. The minimum atomic E-state index is -4.23. The van der Waals surface area contributed by atoms with Crippen LogP contribution < -0.4 is 5.43 Å². The Morgan fingerprint density at radius 2 is 1.93 bits per heavy atom. The fourth-order valence-electron chi connectivity index (χ4n) is 2.11. The Hall–Kier alpha value is -3.03. The van der Waals surface area contributed by atoms with Crippen LogP contribution in [0.15, 0.2) is 60.8 Å². The zero-order valence-corrected chi connectivity index (χ0v) is 14.9. The molecule has 0 aliphatic heterocycles. The van der Waals surface area contributed by atoms with E-state index in [2.05, 4.69) is 32.1 Å². The number of rotatable bonds is 8. The Balaban J connectivity index is 2.07. The van der Waals surface area contributed by atoms with Crippen LogP contribution in [0, 0.1) is 6.92 Å². The highest BCUT2D eigenvalue weighted by Crippen LogP contribution is 2.21. The molecular formula is C19H20F3N5. The van der Waals surface area contributed by atoms with E-state index < -0.39 is 12.6 Å². The molecule has 0 unspecified atom stereocenters. The molecule has 0 radical (unpaired) electrons. The van der Waals surface area contributed by atoms with Crippen LogP contribution in [0.25, 0.3) is 0 Å². The molecule has 2 aromatic heterocycles. The molecule has 2 rings (SSSR count). The zero-order chi connectivity index (χ0) is 19.7. The van der Waals surface area contributed by atoms with Crippen LogP contribution in [0.1, 0.15) is 29.1 Å². The lowest BCUT2D eigenvalue weighted by Crippen LogP contribution is -2.11. The fourth-order valence-corrected chi connectivity index (χ4v) is 2.11. The number of allylic oxidation sites excluding steroid dienone is 2. The maximum absolute atomic E-state index is 12.3. The van der Waals surface area contributed by atoms with Crippen molar-refractivity contribution in [3.63, 3.8) is 0 Å². The van der Waals surface area contributed by atoms with E-state index in [1.165, 1.54) is 18.6 Å². The topological polar surface area (TPSA) is 63.1 Å². The lowest BCUT2D eigenvalue weighted by Gasteiger charge is -2.06. The van der Waals surface area contributed by atoms with E-state index >= 15 is 0 Å². The summed E-state index contributed by atoms with van der Waals surface area (Å²) in [6.45, 7) is 5.46. The molecule has 0 bridgehead atoms. The summed E-state index contributed by atoms with van der Waals surface area (Å²) in [5, 5.41) is 4.16. The van der Waals surface area contributed by atoms with Gasteiger partial charge in [0.2, 0.25) is 0 Å². The van der Waals surface area contributed by atoms with Gasteiger partial charge < -0.3 is 0 Å². The lowest BCUT2D eigenvalue weighted by atomic mass is 10.1. The van der Waals surface area contributed by atoms with Crippen LogP contribution in [-0.2, 0) is 12.8 Å². The Morgan fingerprint density at radius 1 is 1.19 bits per heavy atom. The second kappa shape index (κ2) is 9.61. The highest BCUT2D eigenvalue weighted by molar-refractivity contribution is 6.08. The van der Waals surface area contributed by atoms with Crippen molar-refractivity contribution in [2.24, 2.45) is 5.10 Å². The van der Waals surface area contributed by atoms with Crippen LogP contribution in [0.2, 0.25) is 0 Å². The number of aromatic nitrogens is 3. The van der Waals surface area contributed by atoms with Gasteiger partial charge in [-0.05, 0) is 31.1 Å². The number of nitrogens with one attached hydrogen (secondary N) is 1. The molecule has 0 aliphatic carbocycles. The monoisotopic (exact) mass is 375 g/mol. The first-order chi connectivity index (χ1) is 12.9. The van der Waals surface area contributed by atoms with Gasteiger partial charge in [0.1, 0.15) is 5.82 Å². The van der Waals surface area contributed by atoms with E-state index in [0.29, 0.717) is 17.7 Å². The van der Waals surface area contributed by atoms with Gasteiger partial charge in [-0.1, -0.05) is 18.7 Å². The Morgan fingerprint density at radius 3 is 2.52 bits per heavy atom. The number of nitrogens with zero attached hydrogens (tertiary/aromatic N) is 4. The van der Waals surface area contributed by atoms with Gasteiger partial charge in [0.15, 0.2) is 0 Å². The molecule has 0 aliphatic rings. The molecule has 0 saturated heterocycles. The molecule has 2 heterocycles. The number of halogens is 3. The Labute approximate surface area is 155 Å². The smallest absolute Gasteiger partial charge is 0.286 e. The van der Waals surface area contributed by atoms with Crippen molar-refractivity contribution in [1.82, 2.24) is 20.4 Å². The van der Waals surface area contributed by atoms with Gasteiger partial charge in [0, 0.05) is 42.5 Å². The fraction of sp³-hybridized carbons (Fsp3) is 0.263. The number of aryl methyl sites for hydroxylation is 2. The third kappa shape index (κ3) is 7.39. The number of pyridine rings is 1. The van der Waals surface area contributed by atoms with Crippen LogP contribution in [-0.4, -0.2) is 26.8 Å². The molecule has 27 heavy (non-hydrogen) atoms. The zero-order valence-electron chi connectivity index (χ0n) is 14.9. The van der Waals surface area contributed by atoms with Gasteiger partial charge in [0.25, 0.3) is 0 Å². The van der Waals surface area contributed by atoms with Gasteiger partial charge in [-0.15, -0.1) is 0 Å². The summed E-state index contributed by atoms with van der Waals surface area (Å²) in [6.07, 6.45) is 5.06. The van der Waals surface area contributed by atoms with Crippen LogP contribution in [0.5, 0.6) is 0 Å².